The van der Waals surface area contributed by atoms with Crippen molar-refractivity contribution in [3.8, 4) is 5.75 Å². The predicted molar refractivity (Wildman–Crippen MR) is 116 cm³/mol. The molecule has 2 aromatic carbocycles. The Bertz CT molecular complexity index is 1230. The van der Waals surface area contributed by atoms with Crippen LogP contribution in [0.15, 0.2) is 66.9 Å². The molecule has 0 aliphatic carbocycles. The van der Waals surface area contributed by atoms with E-state index in [4.69, 9.17) is 21.1 Å². The van der Waals surface area contributed by atoms with E-state index < -0.39 is 0 Å². The summed E-state index contributed by atoms with van der Waals surface area (Å²) in [7, 11) is 0. The summed E-state index contributed by atoms with van der Waals surface area (Å²) in [6.07, 6.45) is 1.87. The fourth-order valence-electron chi connectivity index (χ4n) is 3.30. The first-order valence-electron chi connectivity index (χ1n) is 9.45. The molecule has 6 nitrogen and oxygen atoms in total. The van der Waals surface area contributed by atoms with Crippen molar-refractivity contribution in [3.63, 3.8) is 0 Å². The van der Waals surface area contributed by atoms with Crippen LogP contribution >= 0.6 is 11.6 Å². The van der Waals surface area contributed by atoms with Gasteiger partial charge in [-0.15, -0.1) is 0 Å². The number of halogens is 1. The second-order valence-corrected chi connectivity index (χ2v) is 7.01. The Morgan fingerprint density at radius 1 is 1.03 bits per heavy atom. The quantitative estimate of drug-likeness (QED) is 0.447. The van der Waals surface area contributed by atoms with E-state index in [0.717, 1.165) is 16.4 Å². The number of carbonyl (C=O) groups is 2. The normalized spacial score (nSPS) is 10.9. The summed E-state index contributed by atoms with van der Waals surface area (Å²) in [5.74, 6) is -0.135. The highest BCUT2D eigenvalue weighted by atomic mass is 35.5. The van der Waals surface area contributed by atoms with E-state index in [2.05, 4.69) is 5.32 Å². The number of rotatable bonds is 6. The van der Waals surface area contributed by atoms with E-state index in [-0.39, 0.29) is 18.5 Å². The first-order valence-corrected chi connectivity index (χ1v) is 9.82. The summed E-state index contributed by atoms with van der Waals surface area (Å²) >= 11 is 5.85. The topological polar surface area (TPSA) is 69.0 Å². The number of nitrogens with one attached hydrogen (secondary N) is 1. The monoisotopic (exact) mass is 422 g/mol. The minimum atomic E-state index is -0.368. The molecule has 0 radical (unpaired) electrons. The van der Waals surface area contributed by atoms with Crippen LogP contribution < -0.4 is 10.1 Å². The number of hydrogen-bond donors (Lipinski definition) is 1. The second kappa shape index (κ2) is 8.47. The van der Waals surface area contributed by atoms with E-state index in [0.29, 0.717) is 28.6 Å². The number of hydrogen-bond acceptors (Lipinski definition) is 4. The van der Waals surface area contributed by atoms with Gasteiger partial charge in [-0.3, -0.25) is 4.79 Å². The van der Waals surface area contributed by atoms with Crippen LogP contribution in [0.2, 0.25) is 5.02 Å². The van der Waals surface area contributed by atoms with E-state index in [1.165, 1.54) is 0 Å². The molecule has 0 saturated carbocycles. The summed E-state index contributed by atoms with van der Waals surface area (Å²) in [4.78, 5) is 24.7. The molecule has 1 N–H and O–H groups in total. The molecule has 0 bridgehead atoms. The Hall–Kier alpha value is -3.51. The smallest absolute Gasteiger partial charge is 0.340 e. The zero-order valence-corrected chi connectivity index (χ0v) is 17.0. The van der Waals surface area contributed by atoms with E-state index in [1.54, 1.807) is 49.4 Å². The van der Waals surface area contributed by atoms with Crippen molar-refractivity contribution in [3.05, 3.63) is 77.4 Å². The SMILES string of the molecule is CCOC(=O)c1c2ccc(OCC(=O)Nc3ccc(Cl)cc3)cc2n2ccccc12. The molecule has 152 valence electrons. The predicted octanol–water partition coefficient (Wildman–Crippen LogP) is 4.94. The molecule has 7 heteroatoms. The van der Waals surface area contributed by atoms with Gasteiger partial charge >= 0.3 is 5.97 Å². The molecule has 0 spiro atoms. The number of nitrogens with zero attached hydrogens (tertiary/aromatic N) is 1. The molecular formula is C23H19ClN2O4. The van der Waals surface area contributed by atoms with Crippen molar-refractivity contribution in [2.75, 3.05) is 18.5 Å². The van der Waals surface area contributed by atoms with E-state index in [1.807, 2.05) is 28.8 Å². The highest BCUT2D eigenvalue weighted by Gasteiger charge is 2.19. The molecule has 30 heavy (non-hydrogen) atoms. The zero-order chi connectivity index (χ0) is 21.1. The summed E-state index contributed by atoms with van der Waals surface area (Å²) < 4.78 is 12.8. The van der Waals surface area contributed by atoms with Crippen molar-refractivity contribution in [2.24, 2.45) is 0 Å². The molecule has 0 aliphatic heterocycles. The molecule has 2 heterocycles. The number of anilines is 1. The number of carbonyl (C=O) groups excluding carboxylic acids is 2. The van der Waals surface area contributed by atoms with Crippen LogP contribution in [0.25, 0.3) is 16.4 Å². The van der Waals surface area contributed by atoms with Crippen LogP contribution in [0.3, 0.4) is 0 Å². The Labute approximate surface area is 178 Å². The average Bonchev–Trinajstić information content (AvgIpc) is 3.08. The lowest BCUT2D eigenvalue weighted by Gasteiger charge is -2.08. The Balaban J connectivity index is 1.57. The van der Waals surface area contributed by atoms with Crippen molar-refractivity contribution in [1.82, 2.24) is 4.40 Å². The van der Waals surface area contributed by atoms with Gasteiger partial charge in [-0.25, -0.2) is 4.79 Å². The van der Waals surface area contributed by atoms with Gasteiger partial charge in [-0.2, -0.15) is 0 Å². The Morgan fingerprint density at radius 3 is 2.60 bits per heavy atom. The van der Waals surface area contributed by atoms with Crippen molar-refractivity contribution < 1.29 is 19.1 Å². The average molecular weight is 423 g/mol. The van der Waals surface area contributed by atoms with Gasteiger partial charge in [-0.05, 0) is 55.5 Å². The lowest BCUT2D eigenvalue weighted by Crippen LogP contribution is -2.20. The number of ether oxygens (including phenoxy) is 2. The lowest BCUT2D eigenvalue weighted by atomic mass is 10.1. The fraction of sp³-hybridized carbons (Fsp3) is 0.130. The number of pyridine rings is 1. The Kier molecular flexibility index (Phi) is 5.59. The van der Waals surface area contributed by atoms with Gasteiger partial charge in [-0.1, -0.05) is 17.7 Å². The largest absolute Gasteiger partial charge is 0.484 e. The standard InChI is InChI=1S/C23H19ClN2O4/c1-2-29-23(28)22-18-11-10-17(13-20(18)26-12-4-3-5-19(22)26)30-14-21(27)25-16-8-6-15(24)7-9-16/h3-13H,2,14H2,1H3,(H,25,27). The summed E-state index contributed by atoms with van der Waals surface area (Å²) in [6.45, 7) is 1.93. The summed E-state index contributed by atoms with van der Waals surface area (Å²) in [6, 6.07) is 17.8. The molecule has 0 aliphatic rings. The van der Waals surface area contributed by atoms with Crippen molar-refractivity contribution in [2.45, 2.75) is 6.92 Å². The minimum absolute atomic E-state index is 0.151. The van der Waals surface area contributed by atoms with Gasteiger partial charge in [0, 0.05) is 28.4 Å². The first-order chi connectivity index (χ1) is 14.6. The Morgan fingerprint density at radius 2 is 1.83 bits per heavy atom. The number of esters is 1. The van der Waals surface area contributed by atoms with Crippen molar-refractivity contribution >= 4 is 45.6 Å². The highest BCUT2D eigenvalue weighted by Crippen LogP contribution is 2.30. The molecular weight excluding hydrogens is 404 g/mol. The van der Waals surface area contributed by atoms with Crippen LogP contribution in [-0.2, 0) is 9.53 Å². The number of fused-ring (bicyclic) bond motifs is 3. The minimum Gasteiger partial charge on any atom is -0.484 e. The molecule has 2 aromatic heterocycles. The van der Waals surface area contributed by atoms with Crippen LogP contribution in [0, 0.1) is 0 Å². The first kappa shape index (κ1) is 19.8. The molecule has 4 rings (SSSR count). The third kappa shape index (κ3) is 3.95. The van der Waals surface area contributed by atoms with Gasteiger partial charge in [0.1, 0.15) is 5.75 Å². The van der Waals surface area contributed by atoms with Crippen molar-refractivity contribution in [1.29, 1.82) is 0 Å². The summed E-state index contributed by atoms with van der Waals surface area (Å²) in [5, 5.41) is 4.11. The second-order valence-electron chi connectivity index (χ2n) is 6.57. The zero-order valence-electron chi connectivity index (χ0n) is 16.2. The van der Waals surface area contributed by atoms with Crippen LogP contribution in [0.4, 0.5) is 5.69 Å². The van der Waals surface area contributed by atoms with E-state index in [9.17, 15) is 9.59 Å². The van der Waals surface area contributed by atoms with Crippen LogP contribution in [-0.4, -0.2) is 29.5 Å². The molecule has 0 atom stereocenters. The third-order valence-electron chi connectivity index (χ3n) is 4.59. The number of aromatic nitrogens is 1. The molecule has 0 unspecified atom stereocenters. The maximum absolute atomic E-state index is 12.5. The number of benzene rings is 2. The highest BCUT2D eigenvalue weighted by molar-refractivity contribution is 6.30. The molecule has 4 aromatic rings. The summed E-state index contributed by atoms with van der Waals surface area (Å²) in [5.41, 5.74) is 2.70. The van der Waals surface area contributed by atoms with Crippen LogP contribution in [0.5, 0.6) is 5.75 Å². The lowest BCUT2D eigenvalue weighted by molar-refractivity contribution is -0.118. The fourth-order valence-corrected chi connectivity index (χ4v) is 3.43. The molecule has 0 saturated heterocycles. The van der Waals surface area contributed by atoms with Gasteiger partial charge < -0.3 is 19.2 Å². The van der Waals surface area contributed by atoms with Gasteiger partial charge in [0.25, 0.3) is 5.91 Å². The molecule has 1 amide bonds. The van der Waals surface area contributed by atoms with Gasteiger partial charge in [0.05, 0.1) is 23.2 Å². The van der Waals surface area contributed by atoms with Gasteiger partial charge in [0.15, 0.2) is 6.61 Å². The van der Waals surface area contributed by atoms with Crippen LogP contribution in [0.1, 0.15) is 17.3 Å². The maximum atomic E-state index is 12.5. The maximum Gasteiger partial charge on any atom is 0.340 e. The third-order valence-corrected chi connectivity index (χ3v) is 4.84. The number of amides is 1. The van der Waals surface area contributed by atoms with E-state index >= 15 is 0 Å². The molecule has 0 fully saturated rings. The van der Waals surface area contributed by atoms with Gasteiger partial charge in [0.2, 0.25) is 0 Å².